The van der Waals surface area contributed by atoms with Crippen LogP contribution in [0.2, 0.25) is 0 Å². The van der Waals surface area contributed by atoms with Crippen LogP contribution >= 0.6 is 0 Å². The van der Waals surface area contributed by atoms with E-state index >= 15 is 0 Å². The third-order valence-electron chi connectivity index (χ3n) is 6.64. The topological polar surface area (TPSA) is 102 Å². The first-order valence-electron chi connectivity index (χ1n) is 10.1. The molecule has 0 heterocycles. The van der Waals surface area contributed by atoms with Crippen molar-refractivity contribution >= 4 is 23.5 Å². The number of ether oxygens (including phenoxy) is 2. The van der Waals surface area contributed by atoms with Crippen molar-refractivity contribution < 1.29 is 29.0 Å². The first-order valence-corrected chi connectivity index (χ1v) is 10.1. The molecule has 0 saturated heterocycles. The van der Waals surface area contributed by atoms with Crippen molar-refractivity contribution in [2.75, 3.05) is 19.0 Å². The zero-order chi connectivity index (χ0) is 20.6. The summed E-state index contributed by atoms with van der Waals surface area (Å²) in [5, 5.41) is 13.4. The number of para-hydroxylation sites is 1. The highest BCUT2D eigenvalue weighted by Crippen LogP contribution is 2.62. The Hall–Kier alpha value is -2.41. The number of carbonyl (C=O) groups is 3. The number of hydrogen-bond donors (Lipinski definition) is 2. The summed E-state index contributed by atoms with van der Waals surface area (Å²) in [5.74, 6) is -0.497. The van der Waals surface area contributed by atoms with Crippen molar-refractivity contribution in [1.29, 1.82) is 0 Å². The van der Waals surface area contributed by atoms with Gasteiger partial charge in [0, 0.05) is 0 Å². The Bertz CT molecular complexity index is 820. The van der Waals surface area contributed by atoms with Crippen LogP contribution in [0.5, 0.6) is 0 Å². The molecule has 0 radical (unpaired) electrons. The first-order chi connectivity index (χ1) is 13.8. The van der Waals surface area contributed by atoms with Gasteiger partial charge in [-0.2, -0.15) is 0 Å². The number of nitrogens with one attached hydrogen (secondary N) is 1. The number of amides is 1. The SMILES string of the molecule is COC(=O)c1ccccc1NC(=O)COC(=O)CC12C[C@@H]3C[C@@H](CC(O)(C3)C1)C2. The largest absolute Gasteiger partial charge is 0.465 e. The Kier molecular flexibility index (Phi) is 5.11. The van der Waals surface area contributed by atoms with E-state index in [2.05, 4.69) is 5.32 Å². The van der Waals surface area contributed by atoms with Crippen LogP contribution in [-0.2, 0) is 19.1 Å². The van der Waals surface area contributed by atoms with E-state index in [1.54, 1.807) is 24.3 Å². The fourth-order valence-electron chi connectivity index (χ4n) is 6.18. The quantitative estimate of drug-likeness (QED) is 0.711. The maximum absolute atomic E-state index is 12.5. The minimum Gasteiger partial charge on any atom is -0.465 e. The van der Waals surface area contributed by atoms with Crippen LogP contribution in [0.4, 0.5) is 5.69 Å². The van der Waals surface area contributed by atoms with E-state index < -0.39 is 30.1 Å². The van der Waals surface area contributed by atoms with Gasteiger partial charge in [0.15, 0.2) is 6.61 Å². The van der Waals surface area contributed by atoms with Crippen LogP contribution in [0, 0.1) is 17.3 Å². The molecule has 0 spiro atoms. The van der Waals surface area contributed by atoms with Crippen molar-refractivity contribution in [3.8, 4) is 0 Å². The zero-order valence-electron chi connectivity index (χ0n) is 16.6. The second kappa shape index (κ2) is 7.44. The number of rotatable bonds is 6. The van der Waals surface area contributed by atoms with E-state index in [0.717, 1.165) is 32.1 Å². The van der Waals surface area contributed by atoms with E-state index in [1.807, 2.05) is 0 Å². The minimum atomic E-state index is -0.626. The lowest BCUT2D eigenvalue weighted by Gasteiger charge is -2.60. The number of anilines is 1. The summed E-state index contributed by atoms with van der Waals surface area (Å²) in [6, 6.07) is 6.49. The molecule has 29 heavy (non-hydrogen) atoms. The smallest absolute Gasteiger partial charge is 0.339 e. The normalized spacial score (nSPS) is 31.9. The van der Waals surface area contributed by atoms with Crippen LogP contribution in [0.25, 0.3) is 0 Å². The molecule has 1 aromatic carbocycles. The highest BCUT2D eigenvalue weighted by molar-refractivity contribution is 6.01. The van der Waals surface area contributed by atoms with E-state index in [9.17, 15) is 19.5 Å². The molecule has 1 aromatic rings. The summed E-state index contributed by atoms with van der Waals surface area (Å²) in [6.45, 7) is -0.415. The van der Waals surface area contributed by atoms with E-state index in [4.69, 9.17) is 9.47 Å². The van der Waals surface area contributed by atoms with E-state index in [-0.39, 0.29) is 17.4 Å². The number of aliphatic hydroxyl groups is 1. The van der Waals surface area contributed by atoms with E-state index in [1.165, 1.54) is 7.11 Å². The summed E-state index contributed by atoms with van der Waals surface area (Å²) in [6.07, 6.45) is 5.67. The maximum Gasteiger partial charge on any atom is 0.339 e. The number of benzene rings is 1. The van der Waals surface area contributed by atoms with Crippen molar-refractivity contribution in [2.24, 2.45) is 17.3 Å². The Labute approximate surface area is 169 Å². The lowest BCUT2D eigenvalue weighted by molar-refractivity contribution is -0.177. The third kappa shape index (κ3) is 4.15. The molecule has 5 rings (SSSR count). The molecule has 4 fully saturated rings. The summed E-state index contributed by atoms with van der Waals surface area (Å²) >= 11 is 0. The lowest BCUT2D eigenvalue weighted by atomic mass is 9.47. The molecule has 4 bridgehead atoms. The van der Waals surface area contributed by atoms with Gasteiger partial charge in [-0.25, -0.2) is 4.79 Å². The van der Waals surface area contributed by atoms with Crippen molar-refractivity contribution in [2.45, 2.75) is 50.5 Å². The molecule has 7 heteroatoms. The van der Waals surface area contributed by atoms with Crippen LogP contribution < -0.4 is 5.32 Å². The van der Waals surface area contributed by atoms with Gasteiger partial charge in [0.1, 0.15) is 0 Å². The van der Waals surface area contributed by atoms with Crippen molar-refractivity contribution in [1.82, 2.24) is 0 Å². The highest BCUT2D eigenvalue weighted by atomic mass is 16.5. The molecule has 7 nitrogen and oxygen atoms in total. The molecule has 1 amide bonds. The monoisotopic (exact) mass is 401 g/mol. The molecular weight excluding hydrogens is 374 g/mol. The van der Waals surface area contributed by atoms with Crippen molar-refractivity contribution in [3.05, 3.63) is 29.8 Å². The van der Waals surface area contributed by atoms with Gasteiger partial charge in [0.05, 0.1) is 30.4 Å². The maximum atomic E-state index is 12.5. The van der Waals surface area contributed by atoms with Crippen LogP contribution in [0.15, 0.2) is 24.3 Å². The van der Waals surface area contributed by atoms with Crippen LogP contribution in [-0.4, -0.2) is 42.3 Å². The van der Waals surface area contributed by atoms with Crippen LogP contribution in [0.3, 0.4) is 0 Å². The summed E-state index contributed by atoms with van der Waals surface area (Å²) in [4.78, 5) is 36.4. The van der Waals surface area contributed by atoms with Crippen LogP contribution in [0.1, 0.15) is 55.3 Å². The average molecular weight is 401 g/mol. The zero-order valence-corrected chi connectivity index (χ0v) is 16.6. The Morgan fingerprint density at radius 2 is 1.83 bits per heavy atom. The molecule has 4 aliphatic carbocycles. The van der Waals surface area contributed by atoms with Gasteiger partial charge in [-0.15, -0.1) is 0 Å². The fourth-order valence-corrected chi connectivity index (χ4v) is 6.18. The van der Waals surface area contributed by atoms with Gasteiger partial charge < -0.3 is 19.9 Å². The van der Waals surface area contributed by atoms with Gasteiger partial charge >= 0.3 is 11.9 Å². The first kappa shape index (κ1) is 19.9. The molecule has 4 saturated carbocycles. The van der Waals surface area contributed by atoms with Crippen molar-refractivity contribution in [3.63, 3.8) is 0 Å². The Morgan fingerprint density at radius 1 is 1.14 bits per heavy atom. The molecule has 4 aliphatic rings. The molecule has 2 N–H and O–H groups in total. The summed E-state index contributed by atoms with van der Waals surface area (Å²) in [7, 11) is 1.27. The molecule has 2 unspecified atom stereocenters. The predicted molar refractivity (Wildman–Crippen MR) is 104 cm³/mol. The molecule has 0 aromatic heterocycles. The highest BCUT2D eigenvalue weighted by Gasteiger charge is 2.57. The fraction of sp³-hybridized carbons (Fsp3) is 0.591. The standard InChI is InChI=1S/C22H27NO6/c1-28-20(26)16-4-2-3-5-17(16)23-18(24)12-29-19(25)11-21-7-14-6-15(8-21)10-22(27,9-14)13-21/h2-5,14-15,27H,6-13H2,1H3,(H,23,24)/t14-,15+,21?,22?. The Balaban J connectivity index is 1.32. The molecule has 0 aliphatic heterocycles. The summed E-state index contributed by atoms with van der Waals surface area (Å²) < 4.78 is 9.93. The number of hydrogen-bond acceptors (Lipinski definition) is 6. The molecular formula is C22H27NO6. The Morgan fingerprint density at radius 3 is 2.48 bits per heavy atom. The van der Waals surface area contributed by atoms with Gasteiger partial charge in [0.25, 0.3) is 5.91 Å². The average Bonchev–Trinajstić information content (AvgIpc) is 2.64. The van der Waals surface area contributed by atoms with Gasteiger partial charge in [-0.05, 0) is 67.9 Å². The number of carbonyl (C=O) groups excluding carboxylic acids is 3. The second-order valence-electron chi connectivity index (χ2n) is 9.11. The molecule has 156 valence electrons. The van der Waals surface area contributed by atoms with E-state index in [0.29, 0.717) is 23.9 Å². The van der Waals surface area contributed by atoms with Gasteiger partial charge in [-0.1, -0.05) is 12.1 Å². The summed E-state index contributed by atoms with van der Waals surface area (Å²) in [5.41, 5.74) is -0.274. The minimum absolute atomic E-state index is 0.191. The predicted octanol–water partition coefficient (Wildman–Crippen LogP) is 2.68. The number of esters is 2. The second-order valence-corrected chi connectivity index (χ2v) is 9.11. The van der Waals surface area contributed by atoms with Gasteiger partial charge in [-0.3, -0.25) is 9.59 Å². The lowest BCUT2D eigenvalue weighted by Crippen LogP contribution is -2.56. The number of methoxy groups -OCH3 is 1. The third-order valence-corrected chi connectivity index (χ3v) is 6.64. The molecule has 4 atom stereocenters. The van der Waals surface area contributed by atoms with Gasteiger partial charge in [0.2, 0.25) is 0 Å².